The van der Waals surface area contributed by atoms with E-state index in [0.717, 1.165) is 27.5 Å². The molecule has 0 spiro atoms. The van der Waals surface area contributed by atoms with E-state index in [4.69, 9.17) is 4.42 Å². The smallest absolute Gasteiger partial charge is 0.136 e. The second-order valence-electron chi connectivity index (χ2n) is 12.0. The summed E-state index contributed by atoms with van der Waals surface area (Å²) in [4.78, 5) is 0. The number of benzene rings is 9. The zero-order valence-electron chi connectivity index (χ0n) is 24.4. The minimum absolute atomic E-state index is 0.910. The summed E-state index contributed by atoms with van der Waals surface area (Å²) in [6, 6.07) is 57.2. The van der Waals surface area contributed by atoms with E-state index in [9.17, 15) is 0 Å². The molecule has 1 nitrogen and oxygen atoms in total. The lowest BCUT2D eigenvalue weighted by molar-refractivity contribution is 0.669. The van der Waals surface area contributed by atoms with Crippen molar-refractivity contribution in [3.8, 4) is 33.4 Å². The Kier molecular flexibility index (Phi) is 5.06. The van der Waals surface area contributed by atoms with Crippen molar-refractivity contribution in [2.45, 2.75) is 0 Å². The maximum atomic E-state index is 6.58. The van der Waals surface area contributed by atoms with Gasteiger partial charge in [-0.2, -0.15) is 0 Å². The summed E-state index contributed by atoms with van der Waals surface area (Å²) >= 11 is 0. The van der Waals surface area contributed by atoms with Gasteiger partial charge in [0, 0.05) is 10.8 Å². The van der Waals surface area contributed by atoms with Crippen LogP contribution < -0.4 is 0 Å². The van der Waals surface area contributed by atoms with Crippen molar-refractivity contribution in [3.05, 3.63) is 158 Å². The van der Waals surface area contributed by atoms with E-state index in [1.165, 1.54) is 70.9 Å². The van der Waals surface area contributed by atoms with E-state index in [2.05, 4.69) is 158 Å². The maximum Gasteiger partial charge on any atom is 0.136 e. The van der Waals surface area contributed by atoms with Crippen LogP contribution in [0.25, 0.3) is 98.4 Å². The third-order valence-corrected chi connectivity index (χ3v) is 9.64. The van der Waals surface area contributed by atoms with Crippen LogP contribution in [0.5, 0.6) is 0 Å². The molecule has 45 heavy (non-hydrogen) atoms. The van der Waals surface area contributed by atoms with Crippen LogP contribution >= 0.6 is 0 Å². The predicted octanol–water partition coefficient (Wildman–Crippen LogP) is 12.6. The SMILES string of the molecule is c1ccc(-c2ccc3ccc4c(-c5cccc6oc7cc(-c8cccc9ccccc89)ccc7c56)ccc5ccc2c3c54)cc1. The van der Waals surface area contributed by atoms with Crippen molar-refractivity contribution in [2.75, 3.05) is 0 Å². The summed E-state index contributed by atoms with van der Waals surface area (Å²) in [7, 11) is 0. The lowest BCUT2D eigenvalue weighted by Gasteiger charge is -2.17. The van der Waals surface area contributed by atoms with Gasteiger partial charge in [-0.25, -0.2) is 0 Å². The Bertz CT molecular complexity index is 2740. The van der Waals surface area contributed by atoms with Crippen LogP contribution in [-0.2, 0) is 0 Å². The number of fused-ring (bicyclic) bond motifs is 4. The molecule has 0 saturated heterocycles. The van der Waals surface area contributed by atoms with Gasteiger partial charge in [-0.15, -0.1) is 0 Å². The largest absolute Gasteiger partial charge is 0.456 e. The van der Waals surface area contributed by atoms with Crippen LogP contribution in [0.4, 0.5) is 0 Å². The molecular weight excluding hydrogens is 544 g/mol. The van der Waals surface area contributed by atoms with Crippen molar-refractivity contribution < 1.29 is 4.42 Å². The molecule has 1 heteroatoms. The molecule has 0 bridgehead atoms. The zero-order valence-corrected chi connectivity index (χ0v) is 24.4. The molecule has 208 valence electrons. The molecule has 0 unspecified atom stereocenters. The predicted molar refractivity (Wildman–Crippen MR) is 191 cm³/mol. The highest BCUT2D eigenvalue weighted by molar-refractivity contribution is 6.28. The molecule has 0 atom stereocenters. The van der Waals surface area contributed by atoms with Gasteiger partial charge in [-0.1, -0.05) is 140 Å². The molecule has 0 radical (unpaired) electrons. The minimum atomic E-state index is 0.910. The van der Waals surface area contributed by atoms with Gasteiger partial charge in [-0.3, -0.25) is 0 Å². The lowest BCUT2D eigenvalue weighted by atomic mass is 9.86. The Morgan fingerprint density at radius 2 is 0.911 bits per heavy atom. The second-order valence-corrected chi connectivity index (χ2v) is 12.0. The van der Waals surface area contributed by atoms with Crippen LogP contribution in [0.3, 0.4) is 0 Å². The molecule has 0 aliphatic heterocycles. The number of hydrogen-bond acceptors (Lipinski definition) is 1. The van der Waals surface area contributed by atoms with Gasteiger partial charge in [0.05, 0.1) is 0 Å². The average molecular weight is 571 g/mol. The lowest BCUT2D eigenvalue weighted by Crippen LogP contribution is -1.89. The third-order valence-electron chi connectivity index (χ3n) is 9.64. The average Bonchev–Trinajstić information content (AvgIpc) is 3.49. The van der Waals surface area contributed by atoms with Crippen molar-refractivity contribution >= 4 is 65.0 Å². The highest BCUT2D eigenvalue weighted by Crippen LogP contribution is 2.45. The van der Waals surface area contributed by atoms with E-state index in [1.807, 2.05) is 0 Å². The van der Waals surface area contributed by atoms with Crippen LogP contribution in [0.15, 0.2) is 162 Å². The summed E-state index contributed by atoms with van der Waals surface area (Å²) in [5.74, 6) is 0. The van der Waals surface area contributed by atoms with Gasteiger partial charge in [-0.05, 0) is 94.7 Å². The zero-order chi connectivity index (χ0) is 29.5. The fourth-order valence-electron chi connectivity index (χ4n) is 7.60. The Morgan fingerprint density at radius 3 is 1.76 bits per heavy atom. The molecule has 0 aliphatic rings. The van der Waals surface area contributed by atoms with E-state index < -0.39 is 0 Å². The molecule has 1 aromatic heterocycles. The summed E-state index contributed by atoms with van der Waals surface area (Å²) < 4.78 is 6.58. The van der Waals surface area contributed by atoms with Crippen molar-refractivity contribution in [3.63, 3.8) is 0 Å². The number of rotatable bonds is 3. The van der Waals surface area contributed by atoms with E-state index in [0.29, 0.717) is 0 Å². The molecule has 0 N–H and O–H groups in total. The maximum absolute atomic E-state index is 6.58. The summed E-state index contributed by atoms with van der Waals surface area (Å²) in [5.41, 5.74) is 9.15. The first-order valence-electron chi connectivity index (χ1n) is 15.5. The summed E-state index contributed by atoms with van der Waals surface area (Å²) in [6.45, 7) is 0. The Hall–Kier alpha value is -5.92. The first-order valence-corrected chi connectivity index (χ1v) is 15.5. The molecular formula is C44H26O. The quantitative estimate of drug-likeness (QED) is 0.193. The van der Waals surface area contributed by atoms with E-state index in [-0.39, 0.29) is 0 Å². The first-order chi connectivity index (χ1) is 22.3. The monoisotopic (exact) mass is 570 g/mol. The molecule has 10 rings (SSSR count). The van der Waals surface area contributed by atoms with Crippen molar-refractivity contribution in [1.82, 2.24) is 0 Å². The number of hydrogen-bond donors (Lipinski definition) is 0. The minimum Gasteiger partial charge on any atom is -0.456 e. The van der Waals surface area contributed by atoms with E-state index >= 15 is 0 Å². The van der Waals surface area contributed by atoms with E-state index in [1.54, 1.807) is 0 Å². The fraction of sp³-hybridized carbons (Fsp3) is 0. The highest BCUT2D eigenvalue weighted by Gasteiger charge is 2.18. The number of furan rings is 1. The van der Waals surface area contributed by atoms with Crippen LogP contribution in [0.2, 0.25) is 0 Å². The van der Waals surface area contributed by atoms with Crippen molar-refractivity contribution in [2.24, 2.45) is 0 Å². The second kappa shape index (κ2) is 9.29. The summed E-state index contributed by atoms with van der Waals surface area (Å²) in [6.07, 6.45) is 0. The standard InChI is InChI=1S/C44H26O/c1-2-8-27(9-3-1)34-21-16-29-19-24-38-35(22-17-30-18-23-37(34)42(29)43(30)38)36-14-7-15-40-44(36)39-25-20-31(26-41(39)45-40)33-13-6-11-28-10-4-5-12-32(28)33/h1-26H. The fourth-order valence-corrected chi connectivity index (χ4v) is 7.60. The van der Waals surface area contributed by atoms with Crippen LogP contribution in [-0.4, -0.2) is 0 Å². The topological polar surface area (TPSA) is 13.1 Å². The molecule has 1 heterocycles. The normalized spacial score (nSPS) is 12.0. The Morgan fingerprint density at radius 1 is 0.289 bits per heavy atom. The third kappa shape index (κ3) is 3.56. The molecule has 0 saturated carbocycles. The van der Waals surface area contributed by atoms with Gasteiger partial charge >= 0.3 is 0 Å². The van der Waals surface area contributed by atoms with Gasteiger partial charge in [0.1, 0.15) is 11.2 Å². The van der Waals surface area contributed by atoms with Gasteiger partial charge in [0.25, 0.3) is 0 Å². The molecule has 9 aromatic carbocycles. The Labute approximate surface area is 259 Å². The van der Waals surface area contributed by atoms with Gasteiger partial charge in [0.2, 0.25) is 0 Å². The van der Waals surface area contributed by atoms with Crippen LogP contribution in [0, 0.1) is 0 Å². The molecule has 0 aliphatic carbocycles. The van der Waals surface area contributed by atoms with Gasteiger partial charge < -0.3 is 4.42 Å². The first kappa shape index (κ1) is 24.5. The van der Waals surface area contributed by atoms with Gasteiger partial charge in [0.15, 0.2) is 0 Å². The molecule has 0 fully saturated rings. The Balaban J connectivity index is 1.21. The summed E-state index contributed by atoms with van der Waals surface area (Å²) in [5, 5.41) is 12.5. The molecule has 10 aromatic rings. The highest BCUT2D eigenvalue weighted by atomic mass is 16.3. The molecule has 0 amide bonds. The van der Waals surface area contributed by atoms with Crippen LogP contribution in [0.1, 0.15) is 0 Å². The van der Waals surface area contributed by atoms with Crippen molar-refractivity contribution in [1.29, 1.82) is 0 Å².